The van der Waals surface area contributed by atoms with Gasteiger partial charge in [0, 0.05) is 5.25 Å². The van der Waals surface area contributed by atoms with E-state index in [1.807, 2.05) is 0 Å². The van der Waals surface area contributed by atoms with Crippen molar-refractivity contribution in [3.8, 4) is 0 Å². The number of aromatic nitrogens is 1. The van der Waals surface area contributed by atoms with Crippen LogP contribution in [0.5, 0.6) is 0 Å². The highest BCUT2D eigenvalue weighted by Gasteiger charge is 2.18. The number of nitrogens with one attached hydrogen (secondary N) is 1. The summed E-state index contributed by atoms with van der Waals surface area (Å²) >= 11 is 13.8. The lowest BCUT2D eigenvalue weighted by Crippen LogP contribution is -2.11. The van der Waals surface area contributed by atoms with Gasteiger partial charge in [-0.2, -0.15) is 0 Å². The molecule has 17 heavy (non-hydrogen) atoms. The first-order valence-corrected chi connectivity index (χ1v) is 7.33. The molecule has 3 nitrogen and oxygen atoms in total. The van der Waals surface area contributed by atoms with Gasteiger partial charge in [-0.25, -0.2) is 10.8 Å². The normalized spacial score (nSPS) is 17.1. The van der Waals surface area contributed by atoms with E-state index in [9.17, 15) is 0 Å². The summed E-state index contributed by atoms with van der Waals surface area (Å²) in [7, 11) is 0. The molecule has 1 aromatic heterocycles. The van der Waals surface area contributed by atoms with Gasteiger partial charge in [0.15, 0.2) is 5.82 Å². The Balaban J connectivity index is 2.13. The lowest BCUT2D eigenvalue weighted by Gasteiger charge is -2.21. The van der Waals surface area contributed by atoms with Crippen molar-refractivity contribution in [2.24, 2.45) is 5.84 Å². The molecule has 0 atom stereocenters. The van der Waals surface area contributed by atoms with E-state index in [0.29, 0.717) is 21.1 Å². The minimum absolute atomic E-state index is 0.450. The van der Waals surface area contributed by atoms with E-state index in [1.54, 1.807) is 17.8 Å². The van der Waals surface area contributed by atoms with E-state index in [4.69, 9.17) is 29.0 Å². The molecule has 0 saturated heterocycles. The maximum atomic E-state index is 6.14. The van der Waals surface area contributed by atoms with Crippen LogP contribution in [0.3, 0.4) is 0 Å². The second-order valence-corrected chi connectivity index (χ2v) is 6.23. The SMILES string of the molecule is NNc1nc(SC2CCCCC2)c(Cl)cc1Cl. The van der Waals surface area contributed by atoms with Gasteiger partial charge in [0.05, 0.1) is 10.0 Å². The molecule has 1 aliphatic carbocycles. The summed E-state index contributed by atoms with van der Waals surface area (Å²) in [5.41, 5.74) is 2.49. The number of hydrazine groups is 1. The van der Waals surface area contributed by atoms with Crippen LogP contribution in [0.25, 0.3) is 0 Å². The van der Waals surface area contributed by atoms with Crippen LogP contribution in [0.4, 0.5) is 5.82 Å². The zero-order chi connectivity index (χ0) is 12.3. The zero-order valence-corrected chi connectivity index (χ0v) is 11.7. The third-order valence-corrected chi connectivity index (χ3v) is 4.89. The molecule has 0 aromatic carbocycles. The van der Waals surface area contributed by atoms with Gasteiger partial charge >= 0.3 is 0 Å². The van der Waals surface area contributed by atoms with Gasteiger partial charge in [-0.1, -0.05) is 42.5 Å². The molecule has 0 spiro atoms. The van der Waals surface area contributed by atoms with Crippen molar-refractivity contribution in [2.45, 2.75) is 42.4 Å². The molecule has 6 heteroatoms. The Bertz CT molecular complexity index is 395. The smallest absolute Gasteiger partial charge is 0.160 e. The summed E-state index contributed by atoms with van der Waals surface area (Å²) in [6.07, 6.45) is 6.40. The Morgan fingerprint density at radius 2 is 1.94 bits per heavy atom. The molecule has 0 bridgehead atoms. The predicted molar refractivity (Wildman–Crippen MR) is 74.8 cm³/mol. The van der Waals surface area contributed by atoms with Crippen molar-refractivity contribution in [1.82, 2.24) is 4.98 Å². The number of pyridine rings is 1. The first kappa shape index (κ1) is 13.3. The van der Waals surface area contributed by atoms with Gasteiger partial charge < -0.3 is 5.43 Å². The monoisotopic (exact) mass is 291 g/mol. The third-order valence-electron chi connectivity index (χ3n) is 2.86. The topological polar surface area (TPSA) is 50.9 Å². The van der Waals surface area contributed by atoms with Crippen molar-refractivity contribution >= 4 is 40.8 Å². The van der Waals surface area contributed by atoms with Crippen molar-refractivity contribution in [1.29, 1.82) is 0 Å². The van der Waals surface area contributed by atoms with Crippen LogP contribution in [0.2, 0.25) is 10.0 Å². The van der Waals surface area contributed by atoms with Crippen LogP contribution in [0.1, 0.15) is 32.1 Å². The maximum Gasteiger partial charge on any atom is 0.160 e. The summed E-state index contributed by atoms with van der Waals surface area (Å²) < 4.78 is 0. The molecule has 1 fully saturated rings. The van der Waals surface area contributed by atoms with E-state index in [-0.39, 0.29) is 0 Å². The number of nitrogen functional groups attached to an aromatic ring is 1. The lowest BCUT2D eigenvalue weighted by molar-refractivity contribution is 0.516. The van der Waals surface area contributed by atoms with E-state index >= 15 is 0 Å². The van der Waals surface area contributed by atoms with Crippen molar-refractivity contribution in [3.05, 3.63) is 16.1 Å². The molecule has 0 radical (unpaired) electrons. The molecule has 2 rings (SSSR count). The highest BCUT2D eigenvalue weighted by Crippen LogP contribution is 2.38. The molecule has 3 N–H and O–H groups in total. The molecule has 1 aliphatic rings. The minimum Gasteiger partial charge on any atom is -0.307 e. The van der Waals surface area contributed by atoms with E-state index in [2.05, 4.69) is 10.4 Å². The number of nitrogens with two attached hydrogens (primary N) is 1. The fourth-order valence-electron chi connectivity index (χ4n) is 1.97. The number of rotatable bonds is 3. The highest BCUT2D eigenvalue weighted by molar-refractivity contribution is 8.00. The number of hydrogen-bond acceptors (Lipinski definition) is 4. The minimum atomic E-state index is 0.450. The zero-order valence-electron chi connectivity index (χ0n) is 9.38. The standard InChI is InChI=1S/C11H15Cl2N3S/c12-8-6-9(13)11(15-10(8)16-14)17-7-4-2-1-3-5-7/h6-7H,1-5,14H2,(H,15,16). The number of halogens is 2. The van der Waals surface area contributed by atoms with Gasteiger partial charge in [-0.15, -0.1) is 11.8 Å². The van der Waals surface area contributed by atoms with Gasteiger partial charge in [0.2, 0.25) is 0 Å². The fraction of sp³-hybridized carbons (Fsp3) is 0.545. The molecule has 0 amide bonds. The van der Waals surface area contributed by atoms with Gasteiger partial charge in [-0.05, 0) is 18.9 Å². The first-order valence-electron chi connectivity index (χ1n) is 5.70. The third kappa shape index (κ3) is 3.41. The fourth-order valence-corrected chi connectivity index (χ4v) is 3.72. The maximum absolute atomic E-state index is 6.14. The second-order valence-electron chi connectivity index (χ2n) is 4.13. The molecule has 1 aromatic rings. The van der Waals surface area contributed by atoms with E-state index in [0.717, 1.165) is 5.03 Å². The van der Waals surface area contributed by atoms with E-state index in [1.165, 1.54) is 32.1 Å². The summed E-state index contributed by atoms with van der Waals surface area (Å²) in [5.74, 6) is 5.83. The van der Waals surface area contributed by atoms with Crippen molar-refractivity contribution < 1.29 is 0 Å². The van der Waals surface area contributed by atoms with Crippen LogP contribution < -0.4 is 11.3 Å². The van der Waals surface area contributed by atoms with Crippen molar-refractivity contribution in [2.75, 3.05) is 5.43 Å². The molecule has 0 unspecified atom stereocenters. The average Bonchev–Trinajstić information content (AvgIpc) is 2.34. The van der Waals surface area contributed by atoms with Crippen LogP contribution >= 0.6 is 35.0 Å². The molecular formula is C11H15Cl2N3S. The first-order chi connectivity index (χ1) is 8.20. The number of anilines is 1. The van der Waals surface area contributed by atoms with Crippen LogP contribution in [0, 0.1) is 0 Å². The van der Waals surface area contributed by atoms with E-state index < -0.39 is 0 Å². The Morgan fingerprint density at radius 1 is 1.24 bits per heavy atom. The average molecular weight is 292 g/mol. The molecule has 1 heterocycles. The summed E-state index contributed by atoms with van der Waals surface area (Å²) in [6, 6.07) is 1.69. The quantitative estimate of drug-likeness (QED) is 0.650. The summed E-state index contributed by atoms with van der Waals surface area (Å²) in [4.78, 5) is 4.35. The van der Waals surface area contributed by atoms with Crippen LogP contribution in [-0.2, 0) is 0 Å². The summed E-state index contributed by atoms with van der Waals surface area (Å²) in [5, 5.41) is 2.48. The van der Waals surface area contributed by atoms with Gasteiger partial charge in [-0.3, -0.25) is 0 Å². The number of nitrogens with zero attached hydrogens (tertiary/aromatic N) is 1. The molecule has 1 saturated carbocycles. The second kappa shape index (κ2) is 6.14. The predicted octanol–water partition coefficient (Wildman–Crippen LogP) is 4.10. The Labute approximate surface area is 115 Å². The van der Waals surface area contributed by atoms with Crippen LogP contribution in [-0.4, -0.2) is 10.2 Å². The highest BCUT2D eigenvalue weighted by atomic mass is 35.5. The van der Waals surface area contributed by atoms with Gasteiger partial charge in [0.1, 0.15) is 5.03 Å². The van der Waals surface area contributed by atoms with Gasteiger partial charge in [0.25, 0.3) is 0 Å². The number of hydrogen-bond donors (Lipinski definition) is 2. The molecule has 0 aliphatic heterocycles. The van der Waals surface area contributed by atoms with Crippen molar-refractivity contribution in [3.63, 3.8) is 0 Å². The molecule has 94 valence electrons. The Hall–Kier alpha value is -0.160. The Kier molecular flexibility index (Phi) is 4.79. The molecular weight excluding hydrogens is 277 g/mol. The Morgan fingerprint density at radius 3 is 2.59 bits per heavy atom. The van der Waals surface area contributed by atoms with Crippen LogP contribution in [0.15, 0.2) is 11.1 Å². The summed E-state index contributed by atoms with van der Waals surface area (Å²) in [6.45, 7) is 0. The largest absolute Gasteiger partial charge is 0.307 e. The number of thioether (sulfide) groups is 1. The lowest BCUT2D eigenvalue weighted by atomic mass is 10.0.